The van der Waals surface area contributed by atoms with Gasteiger partial charge in [-0.1, -0.05) is 38.8 Å². The maximum Gasteiger partial charge on any atom is 0.408 e. The highest BCUT2D eigenvalue weighted by Gasteiger charge is 2.48. The molecular formula is C27H37N3O6. The molecule has 196 valence electrons. The Hall–Kier alpha value is -3.54. The molecule has 1 aromatic carbocycles. The molecule has 1 fully saturated rings. The first-order valence-corrected chi connectivity index (χ1v) is 12.0. The van der Waals surface area contributed by atoms with Crippen LogP contribution in [0.5, 0.6) is 0 Å². The second-order valence-electron chi connectivity index (χ2n) is 10.4. The van der Waals surface area contributed by atoms with Crippen molar-refractivity contribution >= 4 is 23.9 Å². The third-order valence-corrected chi connectivity index (χ3v) is 5.84. The number of alkyl carbamates (subject to hydrolysis) is 1. The molecule has 1 aliphatic carbocycles. The van der Waals surface area contributed by atoms with Crippen LogP contribution in [0.25, 0.3) is 0 Å². The lowest BCUT2D eigenvalue weighted by atomic mass is 9.98. The number of rotatable bonds is 9. The number of nitrogens with zero attached hydrogens (tertiary/aromatic N) is 1. The lowest BCUT2D eigenvalue weighted by molar-refractivity contribution is -0.146. The standard InChI is InChI=1S/C27H37N3O6/c1-9-18-10-12-19(13-11-18)23(24(32)28-15-21(31)35-8)30(20-14-17(20)4)25(33)22(16(2)3)29-26(34)36-27(5,6)7/h1,10-13,16-17,20,22-23H,14-15H2,2-8H3,(H,28,32)(H,29,34). The Kier molecular flexibility index (Phi) is 9.51. The van der Waals surface area contributed by atoms with Gasteiger partial charge in [0.1, 0.15) is 24.2 Å². The summed E-state index contributed by atoms with van der Waals surface area (Å²) >= 11 is 0. The van der Waals surface area contributed by atoms with Crippen LogP contribution in [0.4, 0.5) is 4.79 Å². The maximum absolute atomic E-state index is 14.0. The van der Waals surface area contributed by atoms with E-state index in [-0.39, 0.29) is 24.4 Å². The van der Waals surface area contributed by atoms with Gasteiger partial charge in [-0.05, 0) is 56.7 Å². The van der Waals surface area contributed by atoms with Gasteiger partial charge < -0.3 is 25.0 Å². The molecule has 1 aliphatic rings. The molecule has 4 atom stereocenters. The molecule has 0 saturated heterocycles. The molecule has 0 heterocycles. The summed E-state index contributed by atoms with van der Waals surface area (Å²) in [6, 6.07) is 4.55. The van der Waals surface area contributed by atoms with Crippen LogP contribution in [0.2, 0.25) is 0 Å². The van der Waals surface area contributed by atoms with Crippen molar-refractivity contribution in [3.63, 3.8) is 0 Å². The largest absolute Gasteiger partial charge is 0.468 e. The van der Waals surface area contributed by atoms with Gasteiger partial charge in [-0.25, -0.2) is 4.79 Å². The average Bonchev–Trinajstić information content (AvgIpc) is 3.53. The second-order valence-corrected chi connectivity index (χ2v) is 10.4. The van der Waals surface area contributed by atoms with Gasteiger partial charge in [0.15, 0.2) is 0 Å². The number of amides is 3. The molecule has 0 radical (unpaired) electrons. The van der Waals surface area contributed by atoms with Gasteiger partial charge in [0.25, 0.3) is 0 Å². The van der Waals surface area contributed by atoms with Crippen molar-refractivity contribution in [2.75, 3.05) is 13.7 Å². The minimum absolute atomic E-state index is 0.157. The van der Waals surface area contributed by atoms with Crippen molar-refractivity contribution in [1.82, 2.24) is 15.5 Å². The molecule has 0 aliphatic heterocycles. The molecule has 0 aromatic heterocycles. The minimum Gasteiger partial charge on any atom is -0.468 e. The van der Waals surface area contributed by atoms with E-state index in [9.17, 15) is 19.2 Å². The van der Waals surface area contributed by atoms with Gasteiger partial charge in [-0.2, -0.15) is 0 Å². The zero-order valence-electron chi connectivity index (χ0n) is 22.1. The number of methoxy groups -OCH3 is 1. The van der Waals surface area contributed by atoms with Crippen molar-refractivity contribution < 1.29 is 28.7 Å². The summed E-state index contributed by atoms with van der Waals surface area (Å²) in [6.07, 6.45) is 5.46. The molecule has 3 amide bonds. The van der Waals surface area contributed by atoms with E-state index in [0.29, 0.717) is 17.5 Å². The molecule has 0 spiro atoms. The molecule has 2 N–H and O–H groups in total. The Balaban J connectivity index is 2.48. The molecule has 1 saturated carbocycles. The van der Waals surface area contributed by atoms with E-state index in [1.54, 1.807) is 45.0 Å². The van der Waals surface area contributed by atoms with E-state index in [0.717, 1.165) is 0 Å². The number of carbonyl (C=O) groups is 4. The lowest BCUT2D eigenvalue weighted by Crippen LogP contribution is -2.56. The zero-order chi connectivity index (χ0) is 27.2. The van der Waals surface area contributed by atoms with Crippen molar-refractivity contribution in [2.24, 2.45) is 11.8 Å². The van der Waals surface area contributed by atoms with Gasteiger partial charge >= 0.3 is 12.1 Å². The first-order chi connectivity index (χ1) is 16.8. The summed E-state index contributed by atoms with van der Waals surface area (Å²) in [5.74, 6) is 0.833. The molecule has 9 heteroatoms. The molecule has 36 heavy (non-hydrogen) atoms. The number of hydrogen-bond donors (Lipinski definition) is 2. The first-order valence-electron chi connectivity index (χ1n) is 12.0. The highest BCUT2D eigenvalue weighted by molar-refractivity contribution is 5.93. The topological polar surface area (TPSA) is 114 Å². The van der Waals surface area contributed by atoms with Gasteiger partial charge in [-0.3, -0.25) is 14.4 Å². The molecule has 9 nitrogen and oxygen atoms in total. The van der Waals surface area contributed by atoms with Crippen LogP contribution < -0.4 is 10.6 Å². The predicted molar refractivity (Wildman–Crippen MR) is 135 cm³/mol. The number of nitrogens with one attached hydrogen (secondary N) is 2. The van der Waals surface area contributed by atoms with Crippen molar-refractivity contribution in [3.8, 4) is 12.3 Å². The molecular weight excluding hydrogens is 462 g/mol. The molecule has 4 unspecified atom stereocenters. The van der Waals surface area contributed by atoms with E-state index in [1.165, 1.54) is 12.0 Å². The Bertz CT molecular complexity index is 1010. The highest BCUT2D eigenvalue weighted by atomic mass is 16.6. The fraction of sp³-hybridized carbons (Fsp3) is 0.556. The predicted octanol–water partition coefficient (Wildman–Crippen LogP) is 2.78. The fourth-order valence-electron chi connectivity index (χ4n) is 3.81. The van der Waals surface area contributed by atoms with Crippen LogP contribution in [0.3, 0.4) is 0 Å². The number of benzene rings is 1. The summed E-state index contributed by atoms with van der Waals surface area (Å²) < 4.78 is 10.0. The number of esters is 1. The van der Waals surface area contributed by atoms with Crippen LogP contribution in [-0.4, -0.2) is 60.1 Å². The van der Waals surface area contributed by atoms with Gasteiger partial charge in [0.05, 0.1) is 7.11 Å². The van der Waals surface area contributed by atoms with Crippen LogP contribution >= 0.6 is 0 Å². The summed E-state index contributed by atoms with van der Waals surface area (Å²) in [6.45, 7) is 10.5. The summed E-state index contributed by atoms with van der Waals surface area (Å²) in [7, 11) is 1.22. The quantitative estimate of drug-likeness (QED) is 0.399. The Morgan fingerprint density at radius 1 is 1.17 bits per heavy atom. The Labute approximate surface area is 213 Å². The molecule has 0 bridgehead atoms. The maximum atomic E-state index is 14.0. The first kappa shape index (κ1) is 28.7. The minimum atomic E-state index is -1.05. The van der Waals surface area contributed by atoms with Crippen molar-refractivity contribution in [2.45, 2.75) is 71.7 Å². The van der Waals surface area contributed by atoms with Crippen LogP contribution in [0, 0.1) is 24.2 Å². The average molecular weight is 500 g/mol. The van der Waals surface area contributed by atoms with Gasteiger partial charge in [0, 0.05) is 11.6 Å². The molecule has 1 aromatic rings. The third kappa shape index (κ3) is 7.74. The van der Waals surface area contributed by atoms with Gasteiger partial charge in [-0.15, -0.1) is 6.42 Å². The number of carbonyl (C=O) groups excluding carboxylic acids is 4. The Morgan fingerprint density at radius 2 is 1.75 bits per heavy atom. The lowest BCUT2D eigenvalue weighted by Gasteiger charge is -2.36. The van der Waals surface area contributed by atoms with Gasteiger partial charge in [0.2, 0.25) is 11.8 Å². The number of terminal acetylenes is 1. The van der Waals surface area contributed by atoms with Crippen molar-refractivity contribution in [3.05, 3.63) is 35.4 Å². The Morgan fingerprint density at radius 3 is 2.19 bits per heavy atom. The smallest absolute Gasteiger partial charge is 0.408 e. The SMILES string of the molecule is C#Cc1ccc(C(C(=O)NCC(=O)OC)N(C(=O)C(NC(=O)OC(C)(C)C)C(C)C)C2CC2C)cc1. The fourth-order valence-corrected chi connectivity index (χ4v) is 3.81. The second kappa shape index (κ2) is 11.9. The normalized spacial score (nSPS) is 18.3. The molecule has 2 rings (SSSR count). The monoisotopic (exact) mass is 499 g/mol. The van der Waals surface area contributed by atoms with E-state index in [1.807, 2.05) is 20.8 Å². The van der Waals surface area contributed by atoms with E-state index in [2.05, 4.69) is 21.3 Å². The third-order valence-electron chi connectivity index (χ3n) is 5.84. The van der Waals surface area contributed by atoms with E-state index in [4.69, 9.17) is 11.2 Å². The zero-order valence-corrected chi connectivity index (χ0v) is 22.1. The van der Waals surface area contributed by atoms with E-state index >= 15 is 0 Å². The summed E-state index contributed by atoms with van der Waals surface area (Å²) in [5.41, 5.74) is 0.411. The van der Waals surface area contributed by atoms with Crippen LogP contribution in [-0.2, 0) is 23.9 Å². The summed E-state index contributed by atoms with van der Waals surface area (Å²) in [4.78, 5) is 53.2. The van der Waals surface area contributed by atoms with E-state index < -0.39 is 41.6 Å². The number of ether oxygens (including phenoxy) is 2. The van der Waals surface area contributed by atoms with Crippen LogP contribution in [0.1, 0.15) is 65.1 Å². The number of hydrogen-bond acceptors (Lipinski definition) is 6. The van der Waals surface area contributed by atoms with Crippen molar-refractivity contribution in [1.29, 1.82) is 0 Å². The highest BCUT2D eigenvalue weighted by Crippen LogP contribution is 2.41. The van der Waals surface area contributed by atoms with Crippen LogP contribution in [0.15, 0.2) is 24.3 Å². The summed E-state index contributed by atoms with van der Waals surface area (Å²) in [5, 5.41) is 5.26.